The van der Waals surface area contributed by atoms with Gasteiger partial charge in [0.1, 0.15) is 16.5 Å². The Bertz CT molecular complexity index is 471. The average Bonchev–Trinajstić information content (AvgIpc) is 2.08. The summed E-state index contributed by atoms with van der Waals surface area (Å²) < 4.78 is 48.9. The molecule has 0 aliphatic rings. The third-order valence-electron chi connectivity index (χ3n) is 1.91. The van der Waals surface area contributed by atoms with Crippen LogP contribution in [0.1, 0.15) is 5.56 Å². The van der Waals surface area contributed by atoms with E-state index in [0.29, 0.717) is 0 Å². The van der Waals surface area contributed by atoms with Crippen LogP contribution in [0.15, 0.2) is 17.0 Å². The summed E-state index contributed by atoms with van der Waals surface area (Å²) in [6.45, 7) is 0.172. The molecule has 6 heteroatoms. The first kappa shape index (κ1) is 12.1. The molecule has 0 saturated carbocycles. The van der Waals surface area contributed by atoms with Gasteiger partial charge in [-0.15, -0.1) is 0 Å². The number of halogens is 2. The van der Waals surface area contributed by atoms with E-state index in [1.807, 2.05) is 0 Å². The highest BCUT2D eigenvalue weighted by molar-refractivity contribution is 7.90. The van der Waals surface area contributed by atoms with Crippen molar-refractivity contribution in [2.45, 2.75) is 11.3 Å². The summed E-state index contributed by atoms with van der Waals surface area (Å²) in [6.07, 6.45) is 0.940. The molecule has 0 atom stereocenters. The van der Waals surface area contributed by atoms with Gasteiger partial charge in [0.25, 0.3) is 0 Å². The topological polar surface area (TPSA) is 60.2 Å². The Labute approximate surface area is 86.8 Å². The highest BCUT2D eigenvalue weighted by Crippen LogP contribution is 2.21. The highest BCUT2D eigenvalue weighted by atomic mass is 32.2. The predicted octanol–water partition coefficient (Wildman–Crippen LogP) is 0.870. The fourth-order valence-electron chi connectivity index (χ4n) is 1.26. The van der Waals surface area contributed by atoms with Gasteiger partial charge in [0.05, 0.1) is 0 Å². The largest absolute Gasteiger partial charge is 0.330 e. The molecule has 0 aromatic heterocycles. The standard InChI is InChI=1S/C9H11F2NO2S/c1-15(13,14)9-7(10)3-2-6(4-5-12)8(9)11/h2-3H,4-5,12H2,1H3. The van der Waals surface area contributed by atoms with E-state index in [0.717, 1.165) is 12.3 Å². The summed E-state index contributed by atoms with van der Waals surface area (Å²) >= 11 is 0. The van der Waals surface area contributed by atoms with Crippen molar-refractivity contribution in [3.05, 3.63) is 29.3 Å². The molecule has 1 aromatic carbocycles. The monoisotopic (exact) mass is 235 g/mol. The van der Waals surface area contributed by atoms with Gasteiger partial charge < -0.3 is 5.73 Å². The Kier molecular flexibility index (Phi) is 3.41. The summed E-state index contributed by atoms with van der Waals surface area (Å²) in [5.41, 5.74) is 5.33. The number of hydrogen-bond donors (Lipinski definition) is 1. The van der Waals surface area contributed by atoms with Crippen LogP contribution in [0, 0.1) is 11.6 Å². The minimum Gasteiger partial charge on any atom is -0.330 e. The molecule has 84 valence electrons. The zero-order valence-electron chi connectivity index (χ0n) is 8.13. The predicted molar refractivity (Wildman–Crippen MR) is 52.2 cm³/mol. The van der Waals surface area contributed by atoms with Crippen LogP contribution in [0.25, 0.3) is 0 Å². The highest BCUT2D eigenvalue weighted by Gasteiger charge is 2.21. The average molecular weight is 235 g/mol. The van der Waals surface area contributed by atoms with Crippen LogP contribution < -0.4 is 5.73 Å². The lowest BCUT2D eigenvalue weighted by Crippen LogP contribution is -2.10. The van der Waals surface area contributed by atoms with Gasteiger partial charge >= 0.3 is 0 Å². The molecule has 1 aromatic rings. The summed E-state index contributed by atoms with van der Waals surface area (Å²) in [5, 5.41) is 0. The van der Waals surface area contributed by atoms with E-state index in [9.17, 15) is 17.2 Å². The third-order valence-corrected chi connectivity index (χ3v) is 3.03. The van der Waals surface area contributed by atoms with Crippen molar-refractivity contribution < 1.29 is 17.2 Å². The number of hydrogen-bond acceptors (Lipinski definition) is 3. The van der Waals surface area contributed by atoms with Crippen molar-refractivity contribution in [1.29, 1.82) is 0 Å². The Hall–Kier alpha value is -1.01. The molecular formula is C9H11F2NO2S. The fraction of sp³-hybridized carbons (Fsp3) is 0.333. The molecule has 0 saturated heterocycles. The molecule has 0 heterocycles. The van der Waals surface area contributed by atoms with Gasteiger partial charge in [0.15, 0.2) is 9.84 Å². The van der Waals surface area contributed by atoms with Crippen molar-refractivity contribution in [2.24, 2.45) is 5.73 Å². The quantitative estimate of drug-likeness (QED) is 0.845. The zero-order valence-corrected chi connectivity index (χ0v) is 8.94. The van der Waals surface area contributed by atoms with Gasteiger partial charge in [-0.1, -0.05) is 6.07 Å². The summed E-state index contributed by atoms with van der Waals surface area (Å²) in [4.78, 5) is -0.881. The maximum atomic E-state index is 13.5. The second-order valence-electron chi connectivity index (χ2n) is 3.16. The van der Waals surface area contributed by atoms with Crippen molar-refractivity contribution in [2.75, 3.05) is 12.8 Å². The van der Waals surface area contributed by atoms with E-state index >= 15 is 0 Å². The fourth-order valence-corrected chi connectivity index (χ4v) is 2.14. The second kappa shape index (κ2) is 4.24. The van der Waals surface area contributed by atoms with Crippen LogP contribution in [-0.4, -0.2) is 21.2 Å². The summed E-state index contributed by atoms with van der Waals surface area (Å²) in [5.74, 6) is -2.11. The Morgan fingerprint density at radius 2 is 1.93 bits per heavy atom. The van der Waals surface area contributed by atoms with Gasteiger partial charge in [-0.25, -0.2) is 17.2 Å². The maximum absolute atomic E-state index is 13.5. The van der Waals surface area contributed by atoms with Gasteiger partial charge in [-0.2, -0.15) is 0 Å². The first-order valence-electron chi connectivity index (χ1n) is 4.25. The van der Waals surface area contributed by atoms with Crippen LogP contribution in [0.4, 0.5) is 8.78 Å². The van der Waals surface area contributed by atoms with E-state index in [-0.39, 0.29) is 18.5 Å². The molecule has 15 heavy (non-hydrogen) atoms. The van der Waals surface area contributed by atoms with E-state index in [1.54, 1.807) is 0 Å². The van der Waals surface area contributed by atoms with Crippen molar-refractivity contribution in [1.82, 2.24) is 0 Å². The molecule has 0 amide bonds. The number of nitrogens with two attached hydrogens (primary N) is 1. The molecule has 2 N–H and O–H groups in total. The molecule has 0 unspecified atom stereocenters. The van der Waals surface area contributed by atoms with E-state index < -0.39 is 26.4 Å². The van der Waals surface area contributed by atoms with Gasteiger partial charge in [-0.05, 0) is 24.6 Å². The van der Waals surface area contributed by atoms with Gasteiger partial charge in [0.2, 0.25) is 0 Å². The normalized spacial score (nSPS) is 11.7. The van der Waals surface area contributed by atoms with Gasteiger partial charge in [0, 0.05) is 6.26 Å². The third kappa shape index (κ3) is 2.51. The Morgan fingerprint density at radius 3 is 2.40 bits per heavy atom. The lowest BCUT2D eigenvalue weighted by molar-refractivity contribution is 0.513. The molecule has 0 aliphatic heterocycles. The van der Waals surface area contributed by atoms with Crippen molar-refractivity contribution >= 4 is 9.84 Å². The summed E-state index contributed by atoms with van der Waals surface area (Å²) in [6, 6.07) is 2.14. The second-order valence-corrected chi connectivity index (χ2v) is 5.11. The van der Waals surface area contributed by atoms with Gasteiger partial charge in [-0.3, -0.25) is 0 Å². The van der Waals surface area contributed by atoms with Crippen molar-refractivity contribution in [3.63, 3.8) is 0 Å². The van der Waals surface area contributed by atoms with Crippen LogP contribution in [-0.2, 0) is 16.3 Å². The SMILES string of the molecule is CS(=O)(=O)c1c(F)ccc(CCN)c1F. The molecule has 0 bridgehead atoms. The van der Waals surface area contributed by atoms with E-state index in [2.05, 4.69) is 0 Å². The van der Waals surface area contributed by atoms with Crippen LogP contribution >= 0.6 is 0 Å². The minimum atomic E-state index is -3.90. The first-order valence-corrected chi connectivity index (χ1v) is 6.14. The molecular weight excluding hydrogens is 224 g/mol. The number of sulfone groups is 1. The first-order chi connectivity index (χ1) is 6.88. The number of benzene rings is 1. The lowest BCUT2D eigenvalue weighted by atomic mass is 10.1. The van der Waals surface area contributed by atoms with Crippen LogP contribution in [0.2, 0.25) is 0 Å². The van der Waals surface area contributed by atoms with Crippen molar-refractivity contribution in [3.8, 4) is 0 Å². The molecule has 0 aliphatic carbocycles. The number of rotatable bonds is 3. The lowest BCUT2D eigenvalue weighted by Gasteiger charge is -2.07. The molecule has 3 nitrogen and oxygen atoms in total. The Balaban J connectivity index is 3.44. The van der Waals surface area contributed by atoms with E-state index in [4.69, 9.17) is 5.73 Å². The maximum Gasteiger partial charge on any atom is 0.181 e. The Morgan fingerprint density at radius 1 is 1.33 bits per heavy atom. The smallest absolute Gasteiger partial charge is 0.181 e. The molecule has 0 radical (unpaired) electrons. The van der Waals surface area contributed by atoms with Crippen LogP contribution in [0.5, 0.6) is 0 Å². The molecule has 0 spiro atoms. The van der Waals surface area contributed by atoms with Crippen LogP contribution in [0.3, 0.4) is 0 Å². The molecule has 1 rings (SSSR count). The van der Waals surface area contributed by atoms with E-state index in [1.165, 1.54) is 6.07 Å². The minimum absolute atomic E-state index is 0.110. The summed E-state index contributed by atoms with van der Waals surface area (Å²) in [7, 11) is -3.90. The molecule has 0 fully saturated rings. The zero-order chi connectivity index (χ0) is 11.6.